The zero-order chi connectivity index (χ0) is 20.9. The highest BCUT2D eigenvalue weighted by atomic mass is 19.1. The van der Waals surface area contributed by atoms with Crippen molar-refractivity contribution in [1.82, 2.24) is 14.7 Å². The molecule has 4 rings (SSSR count). The van der Waals surface area contributed by atoms with Crippen molar-refractivity contribution in [2.75, 3.05) is 44.3 Å². The topological polar surface area (TPSA) is 50.6 Å². The first-order valence-corrected chi connectivity index (χ1v) is 10.1. The van der Waals surface area contributed by atoms with Gasteiger partial charge in [0, 0.05) is 31.9 Å². The lowest BCUT2D eigenvalue weighted by molar-refractivity contribution is 0.0391. The number of morpholine rings is 1. The predicted molar refractivity (Wildman–Crippen MR) is 114 cm³/mol. The van der Waals surface area contributed by atoms with Crippen molar-refractivity contribution in [2.24, 2.45) is 0 Å². The molecule has 156 valence electrons. The van der Waals surface area contributed by atoms with E-state index in [4.69, 9.17) is 4.74 Å². The van der Waals surface area contributed by atoms with Crippen LogP contribution in [0.4, 0.5) is 10.1 Å². The molecule has 0 atom stereocenters. The Morgan fingerprint density at radius 2 is 1.80 bits per heavy atom. The quantitative estimate of drug-likeness (QED) is 0.628. The van der Waals surface area contributed by atoms with Gasteiger partial charge in [-0.25, -0.2) is 9.07 Å². The minimum absolute atomic E-state index is 0.144. The van der Waals surface area contributed by atoms with E-state index in [9.17, 15) is 9.18 Å². The van der Waals surface area contributed by atoms with Gasteiger partial charge in [0.25, 0.3) is 5.91 Å². The lowest BCUT2D eigenvalue weighted by Crippen LogP contribution is -2.43. The monoisotopic (exact) mass is 408 g/mol. The SMILES string of the molecule is Cc1c(C(=O)N(CCN2CCOCC2)c2ccccc2)cnn1-c1ccccc1F. The number of carbonyl (C=O) groups excluding carboxylic acids is 1. The second-order valence-electron chi connectivity index (χ2n) is 7.25. The molecule has 0 bridgehead atoms. The van der Waals surface area contributed by atoms with Crippen molar-refractivity contribution in [3.05, 3.63) is 77.9 Å². The van der Waals surface area contributed by atoms with Crippen molar-refractivity contribution in [1.29, 1.82) is 0 Å². The third-order valence-corrected chi connectivity index (χ3v) is 5.38. The molecule has 1 saturated heterocycles. The Kier molecular flexibility index (Phi) is 6.21. The molecule has 0 saturated carbocycles. The summed E-state index contributed by atoms with van der Waals surface area (Å²) >= 11 is 0. The first-order chi connectivity index (χ1) is 14.6. The van der Waals surface area contributed by atoms with E-state index in [1.54, 1.807) is 30.0 Å². The van der Waals surface area contributed by atoms with Crippen molar-refractivity contribution >= 4 is 11.6 Å². The van der Waals surface area contributed by atoms with Crippen LogP contribution in [-0.2, 0) is 4.74 Å². The fourth-order valence-electron chi connectivity index (χ4n) is 3.65. The normalized spacial score (nSPS) is 14.6. The maximum atomic E-state index is 14.2. The van der Waals surface area contributed by atoms with E-state index in [0.717, 1.165) is 25.3 Å². The van der Waals surface area contributed by atoms with Crippen molar-refractivity contribution in [3.8, 4) is 5.69 Å². The fraction of sp³-hybridized carbons (Fsp3) is 0.304. The van der Waals surface area contributed by atoms with E-state index < -0.39 is 0 Å². The summed E-state index contributed by atoms with van der Waals surface area (Å²) in [4.78, 5) is 17.6. The lowest BCUT2D eigenvalue weighted by Gasteiger charge is -2.30. The summed E-state index contributed by atoms with van der Waals surface area (Å²) < 4.78 is 21.1. The van der Waals surface area contributed by atoms with Gasteiger partial charge in [-0.05, 0) is 31.2 Å². The molecule has 3 aromatic rings. The molecule has 1 aliphatic rings. The van der Waals surface area contributed by atoms with Crippen LogP contribution in [-0.4, -0.2) is 60.0 Å². The number of hydrogen-bond acceptors (Lipinski definition) is 4. The molecule has 2 heterocycles. The molecule has 1 aliphatic heterocycles. The molecule has 0 radical (unpaired) electrons. The highest BCUT2D eigenvalue weighted by Crippen LogP contribution is 2.21. The van der Waals surface area contributed by atoms with Gasteiger partial charge in [-0.15, -0.1) is 0 Å². The second kappa shape index (κ2) is 9.19. The van der Waals surface area contributed by atoms with Gasteiger partial charge in [-0.1, -0.05) is 30.3 Å². The lowest BCUT2D eigenvalue weighted by atomic mass is 10.2. The summed E-state index contributed by atoms with van der Waals surface area (Å²) in [6.07, 6.45) is 1.52. The Labute approximate surface area is 175 Å². The van der Waals surface area contributed by atoms with Crippen LogP contribution in [0.1, 0.15) is 16.1 Å². The van der Waals surface area contributed by atoms with Gasteiger partial charge in [0.15, 0.2) is 0 Å². The van der Waals surface area contributed by atoms with Gasteiger partial charge < -0.3 is 9.64 Å². The van der Waals surface area contributed by atoms with E-state index in [1.807, 2.05) is 30.3 Å². The van der Waals surface area contributed by atoms with E-state index in [0.29, 0.717) is 36.7 Å². The average Bonchev–Trinajstić information content (AvgIpc) is 3.16. The number of nitrogens with zero attached hydrogens (tertiary/aromatic N) is 4. The molecule has 0 aliphatic carbocycles. The highest BCUT2D eigenvalue weighted by molar-refractivity contribution is 6.06. The van der Waals surface area contributed by atoms with Crippen LogP contribution < -0.4 is 4.90 Å². The molecule has 0 spiro atoms. The third kappa shape index (κ3) is 4.27. The Morgan fingerprint density at radius 3 is 2.53 bits per heavy atom. The molecular weight excluding hydrogens is 383 g/mol. The molecule has 2 aromatic carbocycles. The summed E-state index contributed by atoms with van der Waals surface area (Å²) in [6, 6.07) is 16.0. The fourth-order valence-corrected chi connectivity index (χ4v) is 3.65. The highest BCUT2D eigenvalue weighted by Gasteiger charge is 2.24. The number of hydrogen-bond donors (Lipinski definition) is 0. The second-order valence-corrected chi connectivity index (χ2v) is 7.25. The summed E-state index contributed by atoms with van der Waals surface area (Å²) in [6.45, 7) is 6.25. The number of amides is 1. The van der Waals surface area contributed by atoms with Crippen LogP contribution in [0, 0.1) is 12.7 Å². The van der Waals surface area contributed by atoms with Gasteiger partial charge in [-0.3, -0.25) is 9.69 Å². The summed E-state index contributed by atoms with van der Waals surface area (Å²) in [5.74, 6) is -0.524. The van der Waals surface area contributed by atoms with Gasteiger partial charge >= 0.3 is 0 Å². The number of rotatable bonds is 6. The van der Waals surface area contributed by atoms with Crippen LogP contribution in [0.25, 0.3) is 5.69 Å². The average molecular weight is 408 g/mol. The van der Waals surface area contributed by atoms with Crippen LogP contribution in [0.3, 0.4) is 0 Å². The molecule has 1 fully saturated rings. The summed E-state index contributed by atoms with van der Waals surface area (Å²) in [7, 11) is 0. The van der Waals surface area contributed by atoms with E-state index in [2.05, 4.69) is 10.00 Å². The van der Waals surface area contributed by atoms with E-state index in [-0.39, 0.29) is 11.7 Å². The van der Waals surface area contributed by atoms with Gasteiger partial charge in [-0.2, -0.15) is 5.10 Å². The number of para-hydroxylation sites is 2. The van der Waals surface area contributed by atoms with Crippen LogP contribution in [0.2, 0.25) is 0 Å². The van der Waals surface area contributed by atoms with Gasteiger partial charge in [0.2, 0.25) is 0 Å². The number of anilines is 1. The summed E-state index contributed by atoms with van der Waals surface area (Å²) in [5, 5.41) is 4.30. The minimum Gasteiger partial charge on any atom is -0.379 e. The summed E-state index contributed by atoms with van der Waals surface area (Å²) in [5.41, 5.74) is 2.23. The Bertz CT molecular complexity index is 999. The van der Waals surface area contributed by atoms with Crippen molar-refractivity contribution in [2.45, 2.75) is 6.92 Å². The van der Waals surface area contributed by atoms with Crippen molar-refractivity contribution in [3.63, 3.8) is 0 Å². The number of aromatic nitrogens is 2. The third-order valence-electron chi connectivity index (χ3n) is 5.38. The van der Waals surface area contributed by atoms with Crippen LogP contribution in [0.5, 0.6) is 0 Å². The van der Waals surface area contributed by atoms with Crippen molar-refractivity contribution < 1.29 is 13.9 Å². The zero-order valence-corrected chi connectivity index (χ0v) is 17.0. The zero-order valence-electron chi connectivity index (χ0n) is 17.0. The molecule has 0 N–H and O–H groups in total. The minimum atomic E-state index is -0.380. The molecular formula is C23H25FN4O2. The maximum absolute atomic E-state index is 14.2. The molecule has 0 unspecified atom stereocenters. The number of carbonyl (C=O) groups is 1. The Morgan fingerprint density at radius 1 is 1.10 bits per heavy atom. The number of ether oxygens (including phenoxy) is 1. The Balaban J connectivity index is 1.61. The van der Waals surface area contributed by atoms with Gasteiger partial charge in [0.05, 0.1) is 30.7 Å². The van der Waals surface area contributed by atoms with Gasteiger partial charge in [0.1, 0.15) is 11.5 Å². The molecule has 30 heavy (non-hydrogen) atoms. The maximum Gasteiger partial charge on any atom is 0.261 e. The predicted octanol–water partition coefficient (Wildman–Crippen LogP) is 3.30. The van der Waals surface area contributed by atoms with Crippen LogP contribution in [0.15, 0.2) is 60.8 Å². The van der Waals surface area contributed by atoms with Crippen LogP contribution >= 0.6 is 0 Å². The van der Waals surface area contributed by atoms with E-state index in [1.165, 1.54) is 16.9 Å². The first-order valence-electron chi connectivity index (χ1n) is 10.1. The number of halogens is 1. The molecule has 1 amide bonds. The standard InChI is InChI=1S/C23H25FN4O2/c1-18-20(17-25-28(18)22-10-6-5-9-21(22)24)23(29)27(19-7-3-2-4-8-19)12-11-26-13-15-30-16-14-26/h2-10,17H,11-16H2,1H3. The molecule has 7 heteroatoms. The van der Waals surface area contributed by atoms with E-state index >= 15 is 0 Å². The Hall–Kier alpha value is -3.03. The number of benzene rings is 2. The largest absolute Gasteiger partial charge is 0.379 e. The molecule has 1 aromatic heterocycles. The molecule has 6 nitrogen and oxygen atoms in total. The smallest absolute Gasteiger partial charge is 0.261 e. The first kappa shape index (κ1) is 20.3.